The Bertz CT molecular complexity index is 1140. The number of rotatable bonds is 7. The van der Waals surface area contributed by atoms with Gasteiger partial charge in [0.1, 0.15) is 18.0 Å². The average molecular weight is 478 g/mol. The van der Waals surface area contributed by atoms with E-state index in [1.165, 1.54) is 16.7 Å². The summed E-state index contributed by atoms with van der Waals surface area (Å²) in [5.74, 6) is -0.866. The predicted molar refractivity (Wildman–Crippen MR) is 128 cm³/mol. The van der Waals surface area contributed by atoms with Crippen molar-refractivity contribution in [2.24, 2.45) is 0 Å². The molecule has 2 N–H and O–H groups in total. The van der Waals surface area contributed by atoms with E-state index < -0.39 is 18.1 Å². The maximum absolute atomic E-state index is 13.2. The van der Waals surface area contributed by atoms with E-state index in [4.69, 9.17) is 9.84 Å². The van der Waals surface area contributed by atoms with Gasteiger partial charge < -0.3 is 15.2 Å². The average Bonchev–Trinajstić information content (AvgIpc) is 3.30. The van der Waals surface area contributed by atoms with Crippen LogP contribution in [0, 0.1) is 0 Å². The number of carboxylic acids is 1. The van der Waals surface area contributed by atoms with Crippen LogP contribution in [0.2, 0.25) is 0 Å². The standard InChI is InChI=1S/C25H23N3O5S/c29-22(30)14-17-6-8-20(9-7-17)27-23(31)21-16-34-24(19-10-12-26-13-11-19)28(21)25(32)33-15-18-4-2-1-3-5-18/h1-13,21,24H,14-16H2,(H,27,31)(H,29,30)/t21-,24?/m0/s1. The van der Waals surface area contributed by atoms with Crippen molar-refractivity contribution in [2.45, 2.75) is 24.4 Å². The highest BCUT2D eigenvalue weighted by Gasteiger charge is 2.43. The van der Waals surface area contributed by atoms with E-state index in [0.717, 1.165) is 11.1 Å². The first-order valence-corrected chi connectivity index (χ1v) is 11.7. The Hall–Kier alpha value is -3.85. The summed E-state index contributed by atoms with van der Waals surface area (Å²) < 4.78 is 5.57. The summed E-state index contributed by atoms with van der Waals surface area (Å²) in [7, 11) is 0. The molecule has 0 saturated carbocycles. The highest BCUT2D eigenvalue weighted by Crippen LogP contribution is 2.42. The lowest BCUT2D eigenvalue weighted by Crippen LogP contribution is -2.45. The molecule has 2 amide bonds. The number of aliphatic carboxylic acids is 1. The lowest BCUT2D eigenvalue weighted by atomic mass is 10.1. The molecule has 2 atom stereocenters. The van der Waals surface area contributed by atoms with Crippen LogP contribution in [0.5, 0.6) is 0 Å². The molecule has 0 bridgehead atoms. The second-order valence-corrected chi connectivity index (χ2v) is 8.80. The fourth-order valence-electron chi connectivity index (χ4n) is 3.62. The number of hydrogen-bond donors (Lipinski definition) is 2. The maximum atomic E-state index is 13.2. The number of pyridine rings is 1. The van der Waals surface area contributed by atoms with Crippen LogP contribution in [-0.4, -0.2) is 44.8 Å². The predicted octanol–water partition coefficient (Wildman–Crippen LogP) is 4.10. The molecular formula is C25H23N3O5S. The number of carbonyl (C=O) groups is 3. The van der Waals surface area contributed by atoms with Crippen LogP contribution < -0.4 is 5.32 Å². The molecule has 0 radical (unpaired) electrons. The fourth-order valence-corrected chi connectivity index (χ4v) is 5.04. The van der Waals surface area contributed by atoms with E-state index in [2.05, 4.69) is 10.3 Å². The van der Waals surface area contributed by atoms with Crippen LogP contribution in [0.15, 0.2) is 79.1 Å². The molecule has 9 heteroatoms. The number of nitrogens with one attached hydrogen (secondary N) is 1. The molecular weight excluding hydrogens is 454 g/mol. The normalized spacial score (nSPS) is 17.2. The molecule has 1 unspecified atom stereocenters. The van der Waals surface area contributed by atoms with E-state index in [1.54, 1.807) is 36.7 Å². The Morgan fingerprint density at radius 1 is 1.00 bits per heavy atom. The summed E-state index contributed by atoms with van der Waals surface area (Å²) in [6.45, 7) is 0.100. The second kappa shape index (κ2) is 10.8. The van der Waals surface area contributed by atoms with Crippen molar-refractivity contribution in [1.29, 1.82) is 0 Å². The number of anilines is 1. The van der Waals surface area contributed by atoms with Crippen molar-refractivity contribution in [3.63, 3.8) is 0 Å². The quantitative estimate of drug-likeness (QED) is 0.527. The van der Waals surface area contributed by atoms with Crippen molar-refractivity contribution in [3.8, 4) is 0 Å². The minimum atomic E-state index is -0.924. The van der Waals surface area contributed by atoms with Crippen molar-refractivity contribution in [3.05, 3.63) is 95.8 Å². The summed E-state index contributed by atoms with van der Waals surface area (Å²) in [5, 5.41) is 11.4. The number of hydrogen-bond acceptors (Lipinski definition) is 6. The topological polar surface area (TPSA) is 109 Å². The summed E-state index contributed by atoms with van der Waals surface area (Å²) in [4.78, 5) is 42.7. The van der Waals surface area contributed by atoms with E-state index >= 15 is 0 Å². The zero-order valence-corrected chi connectivity index (χ0v) is 19.0. The lowest BCUT2D eigenvalue weighted by Gasteiger charge is -2.28. The molecule has 1 fully saturated rings. The lowest BCUT2D eigenvalue weighted by molar-refractivity contribution is -0.136. The number of carboxylic acid groups (broad SMARTS) is 1. The van der Waals surface area contributed by atoms with Gasteiger partial charge in [-0.05, 0) is 41.0 Å². The SMILES string of the molecule is O=C(O)Cc1ccc(NC(=O)[C@@H]2CSC(c3ccncc3)N2C(=O)OCc2ccccc2)cc1. The van der Waals surface area contributed by atoms with Gasteiger partial charge in [0.05, 0.1) is 6.42 Å². The molecule has 1 saturated heterocycles. The number of aromatic nitrogens is 1. The van der Waals surface area contributed by atoms with Gasteiger partial charge in [0.25, 0.3) is 0 Å². The Morgan fingerprint density at radius 2 is 1.71 bits per heavy atom. The molecule has 2 heterocycles. The molecule has 34 heavy (non-hydrogen) atoms. The first-order chi connectivity index (χ1) is 16.5. The monoisotopic (exact) mass is 477 g/mol. The Balaban J connectivity index is 1.50. The van der Waals surface area contributed by atoms with Crippen molar-refractivity contribution >= 4 is 35.4 Å². The first-order valence-electron chi connectivity index (χ1n) is 10.6. The summed E-state index contributed by atoms with van der Waals surface area (Å²) in [6, 6.07) is 18.8. The molecule has 2 aromatic carbocycles. The Kier molecular flexibility index (Phi) is 7.44. The van der Waals surface area contributed by atoms with Gasteiger partial charge in [-0.15, -0.1) is 11.8 Å². The Morgan fingerprint density at radius 3 is 2.38 bits per heavy atom. The molecule has 8 nitrogen and oxygen atoms in total. The summed E-state index contributed by atoms with van der Waals surface area (Å²) in [5.41, 5.74) is 2.86. The number of carbonyl (C=O) groups excluding carboxylic acids is 2. The van der Waals surface area contributed by atoms with Gasteiger partial charge in [-0.2, -0.15) is 0 Å². The van der Waals surface area contributed by atoms with Crippen LogP contribution >= 0.6 is 11.8 Å². The van der Waals surface area contributed by atoms with Gasteiger partial charge in [0.2, 0.25) is 5.91 Å². The zero-order valence-electron chi connectivity index (χ0n) is 18.2. The number of amides is 2. The maximum Gasteiger partial charge on any atom is 0.412 e. The smallest absolute Gasteiger partial charge is 0.412 e. The van der Waals surface area contributed by atoms with E-state index in [-0.39, 0.29) is 24.3 Å². The second-order valence-electron chi connectivity index (χ2n) is 7.69. The van der Waals surface area contributed by atoms with Crippen molar-refractivity contribution in [2.75, 3.05) is 11.1 Å². The third-order valence-electron chi connectivity index (χ3n) is 5.29. The van der Waals surface area contributed by atoms with Crippen LogP contribution in [0.3, 0.4) is 0 Å². The van der Waals surface area contributed by atoms with Crippen LogP contribution in [0.4, 0.5) is 10.5 Å². The van der Waals surface area contributed by atoms with Crippen molar-refractivity contribution in [1.82, 2.24) is 9.88 Å². The number of ether oxygens (including phenoxy) is 1. The minimum absolute atomic E-state index is 0.0951. The number of thioether (sulfide) groups is 1. The highest BCUT2D eigenvalue weighted by molar-refractivity contribution is 7.99. The van der Waals surface area contributed by atoms with E-state index in [1.807, 2.05) is 42.5 Å². The molecule has 3 aromatic rings. The minimum Gasteiger partial charge on any atom is -0.481 e. The molecule has 174 valence electrons. The first kappa shape index (κ1) is 23.3. The van der Waals surface area contributed by atoms with Gasteiger partial charge in [0, 0.05) is 23.8 Å². The van der Waals surface area contributed by atoms with Crippen molar-refractivity contribution < 1.29 is 24.2 Å². The third-order valence-corrected chi connectivity index (χ3v) is 6.61. The molecule has 4 rings (SSSR count). The molecule has 0 spiro atoms. The van der Waals surface area contributed by atoms with Crippen LogP contribution in [-0.2, 0) is 27.4 Å². The largest absolute Gasteiger partial charge is 0.481 e. The zero-order chi connectivity index (χ0) is 23.9. The van der Waals surface area contributed by atoms with E-state index in [9.17, 15) is 14.4 Å². The molecule has 1 aliphatic rings. The van der Waals surface area contributed by atoms with Gasteiger partial charge in [0.15, 0.2) is 0 Å². The number of nitrogens with zero attached hydrogens (tertiary/aromatic N) is 2. The molecule has 1 aliphatic heterocycles. The summed E-state index contributed by atoms with van der Waals surface area (Å²) >= 11 is 1.48. The highest BCUT2D eigenvalue weighted by atomic mass is 32.2. The number of benzene rings is 2. The van der Waals surface area contributed by atoms with E-state index in [0.29, 0.717) is 17.0 Å². The fraction of sp³-hybridized carbons (Fsp3) is 0.200. The summed E-state index contributed by atoms with van der Waals surface area (Å²) in [6.07, 6.45) is 2.63. The third kappa shape index (κ3) is 5.74. The van der Waals surface area contributed by atoms with Gasteiger partial charge >= 0.3 is 12.1 Å². The van der Waals surface area contributed by atoms with Gasteiger partial charge in [-0.1, -0.05) is 42.5 Å². The molecule has 1 aromatic heterocycles. The Labute approximate surface area is 201 Å². The van der Waals surface area contributed by atoms with Gasteiger partial charge in [-0.3, -0.25) is 19.5 Å². The van der Waals surface area contributed by atoms with Crippen LogP contribution in [0.25, 0.3) is 0 Å². The van der Waals surface area contributed by atoms with Gasteiger partial charge in [-0.25, -0.2) is 4.79 Å². The molecule has 0 aliphatic carbocycles. The van der Waals surface area contributed by atoms with Crippen LogP contribution in [0.1, 0.15) is 22.1 Å².